The van der Waals surface area contributed by atoms with Crippen LogP contribution in [0.15, 0.2) is 29.4 Å². The van der Waals surface area contributed by atoms with E-state index < -0.39 is 0 Å². The van der Waals surface area contributed by atoms with Crippen LogP contribution in [-0.4, -0.2) is 14.8 Å². The molecule has 0 atom stereocenters. The third kappa shape index (κ3) is 2.46. The molecule has 0 radical (unpaired) electrons. The van der Waals surface area contributed by atoms with Crippen LogP contribution in [-0.2, 0) is 5.75 Å². The number of halogens is 1. The molecule has 3 nitrogen and oxygen atoms in total. The van der Waals surface area contributed by atoms with Crippen molar-refractivity contribution in [2.24, 2.45) is 0 Å². The minimum absolute atomic E-state index is 0.176. The van der Waals surface area contributed by atoms with Gasteiger partial charge in [0.2, 0.25) is 0 Å². The van der Waals surface area contributed by atoms with Crippen molar-refractivity contribution in [3.63, 3.8) is 0 Å². The minimum atomic E-state index is -0.176. The van der Waals surface area contributed by atoms with Crippen LogP contribution in [0.1, 0.15) is 49.0 Å². The molecule has 2 aliphatic carbocycles. The van der Waals surface area contributed by atoms with E-state index in [1.165, 1.54) is 37.6 Å². The van der Waals surface area contributed by atoms with Crippen LogP contribution < -0.4 is 0 Å². The average molecular weight is 289 g/mol. The Balaban J connectivity index is 1.53. The van der Waals surface area contributed by atoms with Gasteiger partial charge in [-0.15, -0.1) is 10.2 Å². The van der Waals surface area contributed by atoms with Gasteiger partial charge in [-0.1, -0.05) is 23.9 Å². The summed E-state index contributed by atoms with van der Waals surface area (Å²) in [5.74, 6) is 2.37. The SMILES string of the molecule is Fc1cccc(CSc2nnc(C3CC3)n2C2CC2)c1. The normalized spacial score (nSPS) is 18.4. The molecule has 0 N–H and O–H groups in total. The Morgan fingerprint density at radius 1 is 1.20 bits per heavy atom. The molecule has 1 aromatic carbocycles. The van der Waals surface area contributed by atoms with Crippen molar-refractivity contribution in [1.82, 2.24) is 14.8 Å². The molecule has 0 spiro atoms. The zero-order valence-corrected chi connectivity index (χ0v) is 11.9. The Morgan fingerprint density at radius 3 is 2.75 bits per heavy atom. The molecule has 2 fully saturated rings. The molecule has 20 heavy (non-hydrogen) atoms. The van der Waals surface area contributed by atoms with Gasteiger partial charge in [0.25, 0.3) is 0 Å². The lowest BCUT2D eigenvalue weighted by molar-refractivity contribution is 0.625. The van der Waals surface area contributed by atoms with E-state index in [-0.39, 0.29) is 5.82 Å². The van der Waals surface area contributed by atoms with Crippen LogP contribution in [0.25, 0.3) is 0 Å². The molecule has 104 valence electrons. The van der Waals surface area contributed by atoms with Gasteiger partial charge < -0.3 is 4.57 Å². The lowest BCUT2D eigenvalue weighted by Crippen LogP contribution is -2.01. The summed E-state index contributed by atoms with van der Waals surface area (Å²) < 4.78 is 15.5. The molecule has 0 saturated heterocycles. The van der Waals surface area contributed by atoms with Crippen molar-refractivity contribution >= 4 is 11.8 Å². The van der Waals surface area contributed by atoms with Gasteiger partial charge >= 0.3 is 0 Å². The molecule has 1 heterocycles. The zero-order chi connectivity index (χ0) is 13.5. The second-order valence-electron chi connectivity index (χ2n) is 5.63. The summed E-state index contributed by atoms with van der Waals surface area (Å²) in [6.07, 6.45) is 4.98. The number of benzene rings is 1. The van der Waals surface area contributed by atoms with Crippen molar-refractivity contribution in [3.8, 4) is 0 Å². The Labute approximate surface area is 121 Å². The van der Waals surface area contributed by atoms with Crippen molar-refractivity contribution < 1.29 is 4.39 Å². The van der Waals surface area contributed by atoms with Gasteiger partial charge in [-0.2, -0.15) is 0 Å². The lowest BCUT2D eigenvalue weighted by atomic mass is 10.2. The maximum Gasteiger partial charge on any atom is 0.191 e. The van der Waals surface area contributed by atoms with Crippen LogP contribution in [0.5, 0.6) is 0 Å². The molecule has 5 heteroatoms. The third-order valence-electron chi connectivity index (χ3n) is 3.80. The number of hydrogen-bond donors (Lipinski definition) is 0. The largest absolute Gasteiger partial charge is 0.303 e. The number of rotatable bonds is 5. The first-order valence-corrected chi connectivity index (χ1v) is 8.12. The van der Waals surface area contributed by atoms with E-state index in [9.17, 15) is 4.39 Å². The summed E-state index contributed by atoms with van der Waals surface area (Å²) in [7, 11) is 0. The molecule has 0 amide bonds. The highest BCUT2D eigenvalue weighted by molar-refractivity contribution is 7.98. The molecule has 0 aliphatic heterocycles. The highest BCUT2D eigenvalue weighted by Crippen LogP contribution is 2.46. The highest BCUT2D eigenvalue weighted by atomic mass is 32.2. The first kappa shape index (κ1) is 12.4. The second kappa shape index (κ2) is 4.88. The quantitative estimate of drug-likeness (QED) is 0.782. The fourth-order valence-electron chi connectivity index (χ4n) is 2.46. The fraction of sp³-hybridized carbons (Fsp3) is 0.467. The number of thioether (sulfide) groups is 1. The van der Waals surface area contributed by atoms with E-state index in [4.69, 9.17) is 0 Å². The predicted octanol–water partition coefficient (Wildman–Crippen LogP) is 3.92. The van der Waals surface area contributed by atoms with E-state index in [1.807, 2.05) is 6.07 Å². The summed E-state index contributed by atoms with van der Waals surface area (Å²) in [6.45, 7) is 0. The van der Waals surface area contributed by atoms with E-state index in [2.05, 4.69) is 14.8 Å². The third-order valence-corrected chi connectivity index (χ3v) is 4.82. The molecule has 2 aromatic rings. The molecular weight excluding hydrogens is 273 g/mol. The molecule has 2 saturated carbocycles. The highest BCUT2D eigenvalue weighted by Gasteiger charge is 2.36. The summed E-state index contributed by atoms with van der Waals surface area (Å²) >= 11 is 1.67. The lowest BCUT2D eigenvalue weighted by Gasteiger charge is -2.08. The standard InChI is InChI=1S/C15H16FN3S/c16-12-3-1-2-10(8-12)9-20-15-18-17-14(11-4-5-11)19(15)13-6-7-13/h1-3,8,11,13H,4-7,9H2. The summed E-state index contributed by atoms with van der Waals surface area (Å²) in [5, 5.41) is 9.74. The second-order valence-corrected chi connectivity index (χ2v) is 6.58. The maximum absolute atomic E-state index is 13.2. The van der Waals surface area contributed by atoms with Crippen molar-refractivity contribution in [1.29, 1.82) is 0 Å². The molecule has 1 aromatic heterocycles. The van der Waals surface area contributed by atoms with Crippen molar-refractivity contribution in [3.05, 3.63) is 41.5 Å². The van der Waals surface area contributed by atoms with E-state index in [1.54, 1.807) is 23.9 Å². The van der Waals surface area contributed by atoms with Gasteiger partial charge in [-0.05, 0) is 43.4 Å². The van der Waals surface area contributed by atoms with E-state index in [0.717, 1.165) is 16.5 Å². The summed E-state index contributed by atoms with van der Waals surface area (Å²) in [5.41, 5.74) is 0.994. The smallest absolute Gasteiger partial charge is 0.191 e. The summed E-state index contributed by atoms with van der Waals surface area (Å²) in [6, 6.07) is 7.39. The topological polar surface area (TPSA) is 30.7 Å². The van der Waals surface area contributed by atoms with Crippen LogP contribution in [0.4, 0.5) is 4.39 Å². The van der Waals surface area contributed by atoms with Gasteiger partial charge in [0.1, 0.15) is 11.6 Å². The van der Waals surface area contributed by atoms with Crippen LogP contribution in [0, 0.1) is 5.82 Å². The van der Waals surface area contributed by atoms with Gasteiger partial charge in [-0.3, -0.25) is 0 Å². The number of hydrogen-bond acceptors (Lipinski definition) is 3. The van der Waals surface area contributed by atoms with Crippen LogP contribution in [0.2, 0.25) is 0 Å². The first-order valence-electron chi connectivity index (χ1n) is 7.13. The zero-order valence-electron chi connectivity index (χ0n) is 11.1. The van der Waals surface area contributed by atoms with Crippen molar-refractivity contribution in [2.75, 3.05) is 0 Å². The first-order chi connectivity index (χ1) is 9.81. The van der Waals surface area contributed by atoms with E-state index in [0.29, 0.717) is 12.0 Å². The minimum Gasteiger partial charge on any atom is -0.303 e. The Hall–Kier alpha value is -1.36. The molecule has 0 bridgehead atoms. The molecule has 0 unspecified atom stereocenters. The van der Waals surface area contributed by atoms with E-state index >= 15 is 0 Å². The fourth-order valence-corrected chi connectivity index (χ4v) is 3.41. The van der Waals surface area contributed by atoms with Gasteiger partial charge in [-0.25, -0.2) is 4.39 Å². The van der Waals surface area contributed by atoms with Gasteiger partial charge in [0.05, 0.1) is 0 Å². The van der Waals surface area contributed by atoms with Crippen molar-refractivity contribution in [2.45, 2.75) is 48.6 Å². The number of nitrogens with zero attached hydrogens (tertiary/aromatic N) is 3. The summed E-state index contributed by atoms with van der Waals surface area (Å²) in [4.78, 5) is 0. The monoisotopic (exact) mass is 289 g/mol. The number of aromatic nitrogens is 3. The Morgan fingerprint density at radius 2 is 2.05 bits per heavy atom. The predicted molar refractivity (Wildman–Crippen MR) is 76.2 cm³/mol. The van der Waals surface area contributed by atoms with Gasteiger partial charge in [0.15, 0.2) is 5.16 Å². The van der Waals surface area contributed by atoms with Crippen LogP contribution >= 0.6 is 11.8 Å². The Bertz CT molecular complexity index is 632. The van der Waals surface area contributed by atoms with Gasteiger partial charge in [0, 0.05) is 17.7 Å². The Kier molecular flexibility index (Phi) is 3.02. The molecule has 2 aliphatic rings. The molecular formula is C15H16FN3S. The molecule has 4 rings (SSSR count). The maximum atomic E-state index is 13.2. The van der Waals surface area contributed by atoms with Crippen LogP contribution in [0.3, 0.4) is 0 Å². The average Bonchev–Trinajstić information content (AvgIpc) is 3.35.